The zero-order valence-electron chi connectivity index (χ0n) is 9.82. The Bertz CT molecular complexity index is 689. The van der Waals surface area contributed by atoms with E-state index in [1.807, 2.05) is 0 Å². The number of nitro groups is 1. The molecule has 0 aliphatic heterocycles. The molecule has 0 radical (unpaired) electrons. The van der Waals surface area contributed by atoms with E-state index < -0.39 is 28.1 Å². The molecule has 20 heavy (non-hydrogen) atoms. The van der Waals surface area contributed by atoms with Crippen molar-refractivity contribution in [2.75, 3.05) is 0 Å². The summed E-state index contributed by atoms with van der Waals surface area (Å²) in [6, 6.07) is 4.37. The first-order valence-corrected chi connectivity index (χ1v) is 5.28. The van der Waals surface area contributed by atoms with Gasteiger partial charge >= 0.3 is 11.7 Å². The van der Waals surface area contributed by atoms with E-state index in [1.54, 1.807) is 0 Å². The van der Waals surface area contributed by atoms with E-state index in [0.717, 1.165) is 24.4 Å². The van der Waals surface area contributed by atoms with Crippen LogP contribution >= 0.6 is 0 Å². The lowest BCUT2D eigenvalue weighted by Gasteiger charge is -2.09. The summed E-state index contributed by atoms with van der Waals surface area (Å²) in [5.74, 6) is -3.19. The molecule has 0 amide bonds. The van der Waals surface area contributed by atoms with E-state index >= 15 is 0 Å². The van der Waals surface area contributed by atoms with Crippen molar-refractivity contribution in [1.82, 2.24) is 4.98 Å². The normalized spacial score (nSPS) is 10.1. The van der Waals surface area contributed by atoms with Crippen molar-refractivity contribution in [2.24, 2.45) is 0 Å². The van der Waals surface area contributed by atoms with Crippen LogP contribution in [0.3, 0.4) is 0 Å². The van der Waals surface area contributed by atoms with E-state index in [4.69, 9.17) is 9.84 Å². The topological polar surface area (TPSA) is 103 Å². The van der Waals surface area contributed by atoms with Crippen molar-refractivity contribution in [1.29, 1.82) is 0 Å². The van der Waals surface area contributed by atoms with E-state index in [1.165, 1.54) is 12.3 Å². The highest BCUT2D eigenvalue weighted by Crippen LogP contribution is 2.34. The SMILES string of the molecule is O=C(O)c1cnccc1Oc1c(F)cccc1[N+](=O)[O-]. The fourth-order valence-electron chi connectivity index (χ4n) is 1.48. The highest BCUT2D eigenvalue weighted by molar-refractivity contribution is 5.90. The summed E-state index contributed by atoms with van der Waals surface area (Å²) >= 11 is 0. The summed E-state index contributed by atoms with van der Waals surface area (Å²) in [6.45, 7) is 0. The molecule has 0 aliphatic carbocycles. The van der Waals surface area contributed by atoms with Crippen molar-refractivity contribution in [3.8, 4) is 11.5 Å². The number of ether oxygens (including phenoxy) is 1. The van der Waals surface area contributed by atoms with Gasteiger partial charge in [-0.05, 0) is 6.07 Å². The van der Waals surface area contributed by atoms with Gasteiger partial charge in [0.05, 0.1) is 4.92 Å². The number of benzene rings is 1. The fourth-order valence-corrected chi connectivity index (χ4v) is 1.48. The van der Waals surface area contributed by atoms with Crippen LogP contribution in [0.15, 0.2) is 36.7 Å². The molecule has 8 heteroatoms. The first kappa shape index (κ1) is 13.4. The lowest BCUT2D eigenvalue weighted by molar-refractivity contribution is -0.385. The van der Waals surface area contributed by atoms with E-state index in [-0.39, 0.29) is 11.3 Å². The predicted octanol–water partition coefficient (Wildman–Crippen LogP) is 2.62. The second-order valence-corrected chi connectivity index (χ2v) is 3.62. The third-order valence-corrected chi connectivity index (χ3v) is 2.37. The first-order chi connectivity index (χ1) is 9.50. The van der Waals surface area contributed by atoms with Crippen LogP contribution in [0.2, 0.25) is 0 Å². The molecule has 102 valence electrons. The number of carbonyl (C=O) groups is 1. The molecular weight excluding hydrogens is 271 g/mol. The monoisotopic (exact) mass is 278 g/mol. The van der Waals surface area contributed by atoms with Gasteiger partial charge in [-0.2, -0.15) is 0 Å². The number of aromatic nitrogens is 1. The van der Waals surface area contributed by atoms with Crippen LogP contribution < -0.4 is 4.74 Å². The Kier molecular flexibility index (Phi) is 3.56. The van der Waals surface area contributed by atoms with Gasteiger partial charge in [0, 0.05) is 24.5 Å². The molecule has 0 fully saturated rings. The number of hydrogen-bond acceptors (Lipinski definition) is 5. The highest BCUT2D eigenvalue weighted by Gasteiger charge is 2.22. The minimum absolute atomic E-state index is 0.235. The summed E-state index contributed by atoms with van der Waals surface area (Å²) < 4.78 is 18.7. The van der Waals surface area contributed by atoms with Gasteiger partial charge in [-0.15, -0.1) is 0 Å². The Morgan fingerprint density at radius 3 is 2.80 bits per heavy atom. The number of rotatable bonds is 4. The predicted molar refractivity (Wildman–Crippen MR) is 64.3 cm³/mol. The van der Waals surface area contributed by atoms with Gasteiger partial charge in [0.2, 0.25) is 5.75 Å². The lowest BCUT2D eigenvalue weighted by atomic mass is 10.2. The van der Waals surface area contributed by atoms with Crippen LogP contribution in [-0.4, -0.2) is 21.0 Å². The summed E-state index contributed by atoms with van der Waals surface area (Å²) in [5.41, 5.74) is -0.928. The van der Waals surface area contributed by atoms with E-state index in [9.17, 15) is 19.3 Å². The van der Waals surface area contributed by atoms with Crippen molar-refractivity contribution in [3.05, 3.63) is 58.2 Å². The summed E-state index contributed by atoms with van der Waals surface area (Å²) in [7, 11) is 0. The van der Waals surface area contributed by atoms with Crippen LogP contribution in [0.1, 0.15) is 10.4 Å². The van der Waals surface area contributed by atoms with Crippen LogP contribution in [0, 0.1) is 15.9 Å². The number of pyridine rings is 1. The van der Waals surface area contributed by atoms with Crippen LogP contribution in [0.5, 0.6) is 11.5 Å². The molecule has 0 saturated heterocycles. The van der Waals surface area contributed by atoms with Gasteiger partial charge in [0.25, 0.3) is 0 Å². The Morgan fingerprint density at radius 1 is 1.40 bits per heavy atom. The second-order valence-electron chi connectivity index (χ2n) is 3.62. The maximum absolute atomic E-state index is 13.6. The number of para-hydroxylation sites is 1. The number of carboxylic acids is 1. The van der Waals surface area contributed by atoms with E-state index in [0.29, 0.717) is 0 Å². The Hall–Kier alpha value is -3.03. The molecule has 1 aromatic heterocycles. The number of nitrogens with zero attached hydrogens (tertiary/aromatic N) is 2. The first-order valence-electron chi connectivity index (χ1n) is 5.28. The number of carboxylic acid groups (broad SMARTS) is 1. The number of aromatic carboxylic acids is 1. The zero-order chi connectivity index (χ0) is 14.7. The zero-order valence-corrected chi connectivity index (χ0v) is 9.82. The third-order valence-electron chi connectivity index (χ3n) is 2.37. The molecular formula is C12H7FN2O5. The van der Waals surface area contributed by atoms with Gasteiger partial charge in [0.1, 0.15) is 11.3 Å². The van der Waals surface area contributed by atoms with E-state index in [2.05, 4.69) is 4.98 Å². The average molecular weight is 278 g/mol. The molecule has 7 nitrogen and oxygen atoms in total. The van der Waals surface area contributed by atoms with Gasteiger partial charge < -0.3 is 9.84 Å². The minimum Gasteiger partial charge on any atom is -0.477 e. The summed E-state index contributed by atoms with van der Waals surface area (Å²) in [6.07, 6.45) is 2.23. The summed E-state index contributed by atoms with van der Waals surface area (Å²) in [4.78, 5) is 24.6. The van der Waals surface area contributed by atoms with Crippen molar-refractivity contribution in [2.45, 2.75) is 0 Å². The van der Waals surface area contributed by atoms with Crippen LogP contribution in [-0.2, 0) is 0 Å². The maximum atomic E-state index is 13.6. The molecule has 1 aromatic carbocycles. The maximum Gasteiger partial charge on any atom is 0.341 e. The molecule has 2 rings (SSSR count). The third kappa shape index (κ3) is 2.53. The van der Waals surface area contributed by atoms with Crippen molar-refractivity contribution in [3.63, 3.8) is 0 Å². The van der Waals surface area contributed by atoms with Crippen LogP contribution in [0.25, 0.3) is 0 Å². The van der Waals surface area contributed by atoms with Gasteiger partial charge in [-0.25, -0.2) is 9.18 Å². The molecule has 0 atom stereocenters. The number of nitro benzene ring substituents is 1. The molecule has 0 unspecified atom stereocenters. The molecule has 0 spiro atoms. The lowest BCUT2D eigenvalue weighted by Crippen LogP contribution is -2.02. The molecule has 0 bridgehead atoms. The Balaban J connectivity index is 2.51. The largest absolute Gasteiger partial charge is 0.477 e. The number of halogens is 1. The quantitative estimate of drug-likeness (QED) is 0.681. The van der Waals surface area contributed by atoms with Gasteiger partial charge in [0.15, 0.2) is 5.82 Å². The molecule has 0 aliphatic rings. The average Bonchev–Trinajstić information content (AvgIpc) is 2.41. The fraction of sp³-hybridized carbons (Fsp3) is 0. The molecule has 0 saturated carbocycles. The van der Waals surface area contributed by atoms with Crippen LogP contribution in [0.4, 0.5) is 10.1 Å². The molecule has 1 heterocycles. The van der Waals surface area contributed by atoms with Crippen molar-refractivity contribution < 1.29 is 24.0 Å². The van der Waals surface area contributed by atoms with Crippen molar-refractivity contribution >= 4 is 11.7 Å². The van der Waals surface area contributed by atoms with Gasteiger partial charge in [-0.1, -0.05) is 6.07 Å². The Morgan fingerprint density at radius 2 is 2.15 bits per heavy atom. The molecule has 1 N–H and O–H groups in total. The standard InChI is InChI=1S/C12H7FN2O5/c13-8-2-1-3-9(15(18)19)11(8)20-10-4-5-14-6-7(10)12(16)17/h1-6H,(H,16,17). The second kappa shape index (κ2) is 5.31. The highest BCUT2D eigenvalue weighted by atomic mass is 19.1. The Labute approximate surface area is 111 Å². The summed E-state index contributed by atoms with van der Waals surface area (Å²) in [5, 5.41) is 19.8. The smallest absolute Gasteiger partial charge is 0.341 e. The van der Waals surface area contributed by atoms with Gasteiger partial charge in [-0.3, -0.25) is 15.1 Å². The molecule has 2 aromatic rings. The minimum atomic E-state index is -1.34. The number of hydrogen-bond donors (Lipinski definition) is 1.